The number of hydrogen-bond acceptors (Lipinski definition) is 3. The van der Waals surface area contributed by atoms with Gasteiger partial charge in [0.25, 0.3) is 0 Å². The van der Waals surface area contributed by atoms with Gasteiger partial charge >= 0.3 is 6.03 Å². The summed E-state index contributed by atoms with van der Waals surface area (Å²) in [5, 5.41) is 3.84. The molecule has 0 fully saturated rings. The zero-order valence-corrected chi connectivity index (χ0v) is 15.4. The number of urea groups is 1. The van der Waals surface area contributed by atoms with Crippen LogP contribution in [0.5, 0.6) is 0 Å². The van der Waals surface area contributed by atoms with Crippen molar-refractivity contribution in [2.45, 2.75) is 24.5 Å². The fourth-order valence-electron chi connectivity index (χ4n) is 2.07. The molecule has 0 aliphatic carbocycles. The highest BCUT2D eigenvalue weighted by molar-refractivity contribution is 9.10. The number of carbonyl (C=O) groups is 1. The minimum atomic E-state index is -0.669. The van der Waals surface area contributed by atoms with Crippen LogP contribution in [0, 0.1) is 13.8 Å². The molecule has 3 N–H and O–H groups in total. The van der Waals surface area contributed by atoms with Gasteiger partial charge in [-0.1, -0.05) is 22.0 Å². The first-order valence-corrected chi connectivity index (χ1v) is 8.80. The van der Waals surface area contributed by atoms with Crippen molar-refractivity contribution >= 4 is 39.9 Å². The average molecular weight is 392 g/mol. The predicted molar refractivity (Wildman–Crippen MR) is 99.9 cm³/mol. The number of amides is 2. The lowest BCUT2D eigenvalue weighted by Gasteiger charge is -2.10. The summed E-state index contributed by atoms with van der Waals surface area (Å²) in [4.78, 5) is 11.9. The van der Waals surface area contributed by atoms with Gasteiger partial charge < -0.3 is 5.73 Å². The van der Waals surface area contributed by atoms with Gasteiger partial charge in [-0.05, 0) is 66.4 Å². The largest absolute Gasteiger partial charge is 0.350 e. The molecule has 2 aromatic carbocycles. The molecule has 0 radical (unpaired) electrons. The third-order valence-electron chi connectivity index (χ3n) is 3.31. The zero-order chi connectivity index (χ0) is 16.8. The Morgan fingerprint density at radius 1 is 1.26 bits per heavy atom. The predicted octanol–water partition coefficient (Wildman–Crippen LogP) is 4.36. The third-order valence-corrected chi connectivity index (χ3v) is 4.90. The molecule has 4 nitrogen and oxygen atoms in total. The Morgan fingerprint density at radius 3 is 2.61 bits per heavy atom. The number of aryl methyl sites for hydroxylation is 2. The Morgan fingerprint density at radius 2 is 1.96 bits per heavy atom. The highest BCUT2D eigenvalue weighted by atomic mass is 79.9. The Hall–Kier alpha value is -1.79. The van der Waals surface area contributed by atoms with Crippen LogP contribution < -0.4 is 11.2 Å². The molecule has 6 heteroatoms. The van der Waals surface area contributed by atoms with Crippen molar-refractivity contribution in [2.75, 3.05) is 0 Å². The lowest BCUT2D eigenvalue weighted by atomic mass is 10.0. The molecule has 0 atom stereocenters. The number of halogens is 1. The van der Waals surface area contributed by atoms with Gasteiger partial charge in [-0.3, -0.25) is 0 Å². The van der Waals surface area contributed by atoms with E-state index in [1.165, 1.54) is 16.0 Å². The molecule has 120 valence electrons. The van der Waals surface area contributed by atoms with Gasteiger partial charge in [0.2, 0.25) is 0 Å². The van der Waals surface area contributed by atoms with Crippen molar-refractivity contribution in [3.63, 3.8) is 0 Å². The summed E-state index contributed by atoms with van der Waals surface area (Å²) in [5.41, 5.74) is 11.8. The van der Waals surface area contributed by atoms with Gasteiger partial charge in [-0.25, -0.2) is 10.2 Å². The van der Waals surface area contributed by atoms with E-state index in [0.29, 0.717) is 0 Å². The van der Waals surface area contributed by atoms with Crippen LogP contribution in [-0.4, -0.2) is 12.2 Å². The molecule has 2 aromatic rings. The van der Waals surface area contributed by atoms with Crippen LogP contribution in [0.1, 0.15) is 22.3 Å². The van der Waals surface area contributed by atoms with Crippen LogP contribution in [0.3, 0.4) is 0 Å². The minimum Gasteiger partial charge on any atom is -0.350 e. The van der Waals surface area contributed by atoms with Gasteiger partial charge in [0, 0.05) is 15.1 Å². The normalized spacial score (nSPS) is 10.9. The molecule has 0 heterocycles. The molecule has 0 aliphatic heterocycles. The Bertz CT molecular complexity index is 729. The van der Waals surface area contributed by atoms with Crippen molar-refractivity contribution in [3.05, 3.63) is 63.1 Å². The van der Waals surface area contributed by atoms with E-state index in [-0.39, 0.29) is 0 Å². The van der Waals surface area contributed by atoms with E-state index in [1.807, 2.05) is 19.1 Å². The van der Waals surface area contributed by atoms with Crippen molar-refractivity contribution in [2.24, 2.45) is 10.8 Å². The number of carbonyl (C=O) groups excluding carboxylic acids is 1. The van der Waals surface area contributed by atoms with Crippen LogP contribution in [0.4, 0.5) is 4.79 Å². The SMILES string of the molecule is Cc1cc(C)c(CSc2ccc(Br)cc2)cc1/C=N/NC(N)=O. The summed E-state index contributed by atoms with van der Waals surface area (Å²) in [6.07, 6.45) is 1.62. The fraction of sp³-hybridized carbons (Fsp3) is 0.176. The molecule has 0 saturated carbocycles. The first-order chi connectivity index (χ1) is 11.0. The molecule has 0 spiro atoms. The molecule has 0 bridgehead atoms. The van der Waals surface area contributed by atoms with Crippen LogP contribution >= 0.6 is 27.7 Å². The molecular formula is C17H18BrN3OS. The quantitative estimate of drug-likeness (QED) is 0.451. The fourth-order valence-corrected chi connectivity index (χ4v) is 3.29. The molecule has 0 aliphatic rings. The summed E-state index contributed by atoms with van der Waals surface area (Å²) >= 11 is 5.23. The van der Waals surface area contributed by atoms with E-state index in [0.717, 1.165) is 21.4 Å². The first kappa shape index (κ1) is 17.6. The summed E-state index contributed by atoms with van der Waals surface area (Å²) in [5.74, 6) is 0.873. The van der Waals surface area contributed by atoms with Gasteiger partial charge in [0.1, 0.15) is 0 Å². The molecule has 0 unspecified atom stereocenters. The Kier molecular flexibility index (Phi) is 6.24. The number of hydrazone groups is 1. The third kappa shape index (κ3) is 5.41. The number of hydrogen-bond donors (Lipinski definition) is 2. The standard InChI is InChI=1S/C17H18BrN3OS/c1-11-7-12(2)14(8-13(11)9-20-21-17(19)22)10-23-16-5-3-15(18)4-6-16/h3-9H,10H2,1-2H3,(H3,19,21,22)/b20-9+. The summed E-state index contributed by atoms with van der Waals surface area (Å²) in [6, 6.07) is 11.8. The highest BCUT2D eigenvalue weighted by Gasteiger charge is 2.05. The Balaban J connectivity index is 2.13. The van der Waals surface area contributed by atoms with Crippen LogP contribution in [0.2, 0.25) is 0 Å². The lowest BCUT2D eigenvalue weighted by Crippen LogP contribution is -2.24. The van der Waals surface area contributed by atoms with E-state index >= 15 is 0 Å². The van der Waals surface area contributed by atoms with E-state index in [4.69, 9.17) is 5.73 Å². The maximum atomic E-state index is 10.7. The minimum absolute atomic E-state index is 0.669. The molecule has 2 amide bonds. The van der Waals surface area contributed by atoms with Crippen molar-refractivity contribution in [1.29, 1.82) is 0 Å². The second-order valence-electron chi connectivity index (χ2n) is 5.11. The first-order valence-electron chi connectivity index (χ1n) is 7.02. The van der Waals surface area contributed by atoms with E-state index < -0.39 is 6.03 Å². The lowest BCUT2D eigenvalue weighted by molar-refractivity contribution is 0.249. The van der Waals surface area contributed by atoms with Gasteiger partial charge in [-0.2, -0.15) is 5.10 Å². The van der Waals surface area contributed by atoms with E-state index in [9.17, 15) is 4.79 Å². The van der Waals surface area contributed by atoms with Gasteiger partial charge in [-0.15, -0.1) is 11.8 Å². The second-order valence-corrected chi connectivity index (χ2v) is 7.08. The number of rotatable bonds is 5. The van der Waals surface area contributed by atoms with Crippen molar-refractivity contribution in [3.8, 4) is 0 Å². The highest BCUT2D eigenvalue weighted by Crippen LogP contribution is 2.27. The van der Waals surface area contributed by atoms with Crippen molar-refractivity contribution in [1.82, 2.24) is 5.43 Å². The average Bonchev–Trinajstić information content (AvgIpc) is 2.49. The molecule has 0 aromatic heterocycles. The molecule has 2 rings (SSSR count). The molecular weight excluding hydrogens is 374 g/mol. The van der Waals surface area contributed by atoms with E-state index in [1.54, 1.807) is 18.0 Å². The van der Waals surface area contributed by atoms with Gasteiger partial charge in [0.05, 0.1) is 6.21 Å². The summed E-state index contributed by atoms with van der Waals surface area (Å²) in [6.45, 7) is 4.12. The van der Waals surface area contributed by atoms with E-state index in [2.05, 4.69) is 57.6 Å². The zero-order valence-electron chi connectivity index (χ0n) is 13.0. The smallest absolute Gasteiger partial charge is 0.332 e. The number of nitrogens with one attached hydrogen (secondary N) is 1. The number of nitrogens with two attached hydrogens (primary N) is 1. The maximum Gasteiger partial charge on any atom is 0.332 e. The number of thioether (sulfide) groups is 1. The second kappa shape index (κ2) is 8.17. The molecule has 23 heavy (non-hydrogen) atoms. The topological polar surface area (TPSA) is 67.5 Å². The summed E-state index contributed by atoms with van der Waals surface area (Å²) < 4.78 is 1.08. The number of benzene rings is 2. The monoisotopic (exact) mass is 391 g/mol. The maximum absolute atomic E-state index is 10.7. The Labute approximate surface area is 148 Å². The van der Waals surface area contributed by atoms with Crippen LogP contribution in [-0.2, 0) is 5.75 Å². The van der Waals surface area contributed by atoms with Crippen LogP contribution in [0.25, 0.3) is 0 Å². The van der Waals surface area contributed by atoms with Crippen molar-refractivity contribution < 1.29 is 4.79 Å². The summed E-state index contributed by atoms with van der Waals surface area (Å²) in [7, 11) is 0. The number of nitrogens with zero attached hydrogens (tertiary/aromatic N) is 1. The number of primary amides is 1. The molecule has 0 saturated heterocycles. The van der Waals surface area contributed by atoms with Gasteiger partial charge in [0.15, 0.2) is 0 Å². The van der Waals surface area contributed by atoms with Crippen LogP contribution in [0.15, 0.2) is 50.9 Å².